The predicted molar refractivity (Wildman–Crippen MR) is 94.0 cm³/mol. The van der Waals surface area contributed by atoms with Gasteiger partial charge in [0.1, 0.15) is 17.5 Å². The average Bonchev–Trinajstić information content (AvgIpc) is 3.05. The van der Waals surface area contributed by atoms with Gasteiger partial charge in [-0.15, -0.1) is 0 Å². The lowest BCUT2D eigenvalue weighted by Gasteiger charge is -2.15. The molecule has 0 radical (unpaired) electrons. The summed E-state index contributed by atoms with van der Waals surface area (Å²) >= 11 is 0. The molecule has 0 aliphatic carbocycles. The van der Waals surface area contributed by atoms with Gasteiger partial charge in [0.15, 0.2) is 5.65 Å². The van der Waals surface area contributed by atoms with Gasteiger partial charge in [0.05, 0.1) is 16.6 Å². The first-order valence-electron chi connectivity index (χ1n) is 8.03. The number of hydrogen-bond acceptors (Lipinski definition) is 4. The Morgan fingerprint density at radius 2 is 1.85 bits per heavy atom. The third-order valence-electron chi connectivity index (χ3n) is 4.22. The Morgan fingerprint density at radius 1 is 1.11 bits per heavy atom. The van der Waals surface area contributed by atoms with Crippen molar-refractivity contribution in [2.24, 2.45) is 0 Å². The average molecular weight is 367 g/mol. The largest absolute Gasteiger partial charge is 0.417 e. The van der Waals surface area contributed by atoms with E-state index in [0.29, 0.717) is 17.6 Å². The van der Waals surface area contributed by atoms with Crippen LogP contribution in [0.1, 0.15) is 16.7 Å². The Kier molecular flexibility index (Phi) is 3.92. The van der Waals surface area contributed by atoms with Crippen LogP contribution >= 0.6 is 0 Å². The van der Waals surface area contributed by atoms with E-state index in [1.54, 1.807) is 59.3 Å². The molecule has 0 aliphatic heterocycles. The van der Waals surface area contributed by atoms with Gasteiger partial charge in [-0.3, -0.25) is 9.38 Å². The Morgan fingerprint density at radius 3 is 2.56 bits per heavy atom. The summed E-state index contributed by atoms with van der Waals surface area (Å²) in [4.78, 5) is 8.19. The molecule has 0 spiro atoms. The standard InChI is InChI=1S/C19H12F3N5/c20-19(21,22)14-9-17(25-11-12-5-7-24-8-6-12)27-16-4-2-1-3-15(16)26-18(27)13(14)10-23/h1-9,25H,11H2. The van der Waals surface area contributed by atoms with Gasteiger partial charge in [0.2, 0.25) is 0 Å². The van der Waals surface area contributed by atoms with Gasteiger partial charge in [0.25, 0.3) is 0 Å². The van der Waals surface area contributed by atoms with Crippen molar-refractivity contribution in [3.8, 4) is 6.07 Å². The van der Waals surface area contributed by atoms with E-state index in [9.17, 15) is 18.4 Å². The van der Waals surface area contributed by atoms with Crippen molar-refractivity contribution in [3.63, 3.8) is 0 Å². The predicted octanol–water partition coefficient (Wildman–Crippen LogP) is 4.39. The fourth-order valence-electron chi connectivity index (χ4n) is 2.99. The van der Waals surface area contributed by atoms with Crippen molar-refractivity contribution < 1.29 is 13.2 Å². The number of anilines is 1. The van der Waals surface area contributed by atoms with Gasteiger partial charge in [-0.1, -0.05) is 12.1 Å². The number of nitrogens with zero attached hydrogens (tertiary/aromatic N) is 4. The van der Waals surface area contributed by atoms with Crippen LogP contribution in [0.2, 0.25) is 0 Å². The third kappa shape index (κ3) is 2.93. The van der Waals surface area contributed by atoms with Crippen molar-refractivity contribution in [2.45, 2.75) is 12.7 Å². The summed E-state index contributed by atoms with van der Waals surface area (Å²) in [6.07, 6.45) is -1.45. The van der Waals surface area contributed by atoms with Crippen LogP contribution in [-0.4, -0.2) is 14.4 Å². The van der Waals surface area contributed by atoms with Gasteiger partial charge in [-0.25, -0.2) is 4.98 Å². The SMILES string of the molecule is N#Cc1c(C(F)(F)F)cc(NCc2ccncc2)n2c1nc1ccccc12. The maximum atomic E-state index is 13.5. The summed E-state index contributed by atoms with van der Waals surface area (Å²) in [7, 11) is 0. The minimum Gasteiger partial charge on any atom is -0.367 e. The number of imidazole rings is 1. The molecule has 3 aromatic heterocycles. The van der Waals surface area contributed by atoms with Crippen LogP contribution in [-0.2, 0) is 12.7 Å². The smallest absolute Gasteiger partial charge is 0.367 e. The highest BCUT2D eigenvalue weighted by Crippen LogP contribution is 2.37. The molecule has 0 unspecified atom stereocenters. The van der Waals surface area contributed by atoms with Gasteiger partial charge in [-0.2, -0.15) is 18.4 Å². The van der Waals surface area contributed by atoms with Gasteiger partial charge >= 0.3 is 6.18 Å². The van der Waals surface area contributed by atoms with Crippen LogP contribution in [0.5, 0.6) is 0 Å². The van der Waals surface area contributed by atoms with Gasteiger partial charge in [-0.05, 0) is 35.9 Å². The molecule has 0 aliphatic rings. The fraction of sp³-hybridized carbons (Fsp3) is 0.105. The zero-order valence-electron chi connectivity index (χ0n) is 13.8. The van der Waals surface area contributed by atoms with Crippen molar-refractivity contribution in [3.05, 3.63) is 71.5 Å². The lowest BCUT2D eigenvalue weighted by molar-refractivity contribution is -0.137. The molecule has 5 nitrogen and oxygen atoms in total. The number of nitrogens with one attached hydrogen (secondary N) is 1. The molecule has 134 valence electrons. The van der Waals surface area contributed by atoms with Crippen molar-refractivity contribution in [2.75, 3.05) is 5.32 Å². The first-order chi connectivity index (χ1) is 13.0. The second-order valence-electron chi connectivity index (χ2n) is 5.90. The van der Waals surface area contributed by atoms with E-state index in [2.05, 4.69) is 15.3 Å². The maximum Gasteiger partial charge on any atom is 0.417 e. The molecule has 1 aromatic carbocycles. The molecule has 1 N–H and O–H groups in total. The van der Waals surface area contributed by atoms with Crippen LogP contribution in [0.15, 0.2) is 54.9 Å². The van der Waals surface area contributed by atoms with Crippen LogP contribution in [0, 0.1) is 11.3 Å². The lowest BCUT2D eigenvalue weighted by atomic mass is 10.1. The van der Waals surface area contributed by atoms with Crippen molar-refractivity contribution >= 4 is 22.5 Å². The molecule has 0 atom stereocenters. The van der Waals surface area contributed by atoms with E-state index < -0.39 is 17.3 Å². The Bertz CT molecular complexity index is 1170. The normalized spacial score (nSPS) is 11.6. The number of fused-ring (bicyclic) bond motifs is 3. The number of aromatic nitrogens is 3. The molecular weight excluding hydrogens is 355 g/mol. The van der Waals surface area contributed by atoms with E-state index in [0.717, 1.165) is 11.6 Å². The number of alkyl halides is 3. The Hall–Kier alpha value is -3.60. The highest BCUT2D eigenvalue weighted by atomic mass is 19.4. The minimum absolute atomic E-state index is 0.0225. The molecule has 4 rings (SSSR count). The third-order valence-corrected chi connectivity index (χ3v) is 4.22. The molecule has 3 heterocycles. The molecule has 0 saturated heterocycles. The number of nitriles is 1. The quantitative estimate of drug-likeness (QED) is 0.583. The summed E-state index contributed by atoms with van der Waals surface area (Å²) in [6.45, 7) is 0.299. The number of pyridine rings is 2. The van der Waals surface area contributed by atoms with E-state index in [1.807, 2.05) is 0 Å². The first kappa shape index (κ1) is 16.8. The van der Waals surface area contributed by atoms with Gasteiger partial charge < -0.3 is 5.32 Å². The molecule has 4 aromatic rings. The summed E-state index contributed by atoms with van der Waals surface area (Å²) < 4.78 is 42.2. The Balaban J connectivity index is 1.96. The van der Waals surface area contributed by atoms with Gasteiger partial charge in [0, 0.05) is 18.9 Å². The molecule has 8 heteroatoms. The molecule has 0 bridgehead atoms. The summed E-state index contributed by atoms with van der Waals surface area (Å²) in [5, 5.41) is 12.4. The molecule has 0 amide bonds. The highest BCUT2D eigenvalue weighted by Gasteiger charge is 2.36. The van der Waals surface area contributed by atoms with Crippen LogP contribution in [0.3, 0.4) is 0 Å². The molecule has 27 heavy (non-hydrogen) atoms. The summed E-state index contributed by atoms with van der Waals surface area (Å²) in [6, 6.07) is 13.1. The summed E-state index contributed by atoms with van der Waals surface area (Å²) in [5.41, 5.74) is 0.472. The first-order valence-corrected chi connectivity index (χ1v) is 8.03. The number of benzene rings is 1. The molecule has 0 saturated carbocycles. The molecule has 0 fully saturated rings. The number of halogens is 3. The fourth-order valence-corrected chi connectivity index (χ4v) is 2.99. The lowest BCUT2D eigenvalue weighted by Crippen LogP contribution is -2.13. The van der Waals surface area contributed by atoms with Crippen LogP contribution < -0.4 is 5.32 Å². The zero-order valence-corrected chi connectivity index (χ0v) is 13.8. The van der Waals surface area contributed by atoms with Crippen molar-refractivity contribution in [1.29, 1.82) is 5.26 Å². The van der Waals surface area contributed by atoms with Crippen LogP contribution in [0.25, 0.3) is 16.7 Å². The number of hydrogen-bond donors (Lipinski definition) is 1. The van der Waals surface area contributed by atoms with Crippen molar-refractivity contribution in [1.82, 2.24) is 14.4 Å². The van der Waals surface area contributed by atoms with E-state index in [4.69, 9.17) is 0 Å². The summed E-state index contributed by atoms with van der Waals surface area (Å²) in [5.74, 6) is 0.210. The molecular formula is C19H12F3N5. The second-order valence-corrected chi connectivity index (χ2v) is 5.90. The monoisotopic (exact) mass is 367 g/mol. The Labute approximate surface area is 151 Å². The van der Waals surface area contributed by atoms with Crippen LogP contribution in [0.4, 0.5) is 19.0 Å². The highest BCUT2D eigenvalue weighted by molar-refractivity contribution is 5.85. The second kappa shape index (κ2) is 6.29. The maximum absolute atomic E-state index is 13.5. The topological polar surface area (TPSA) is 66.0 Å². The van der Waals surface area contributed by atoms with E-state index in [1.165, 1.54) is 0 Å². The van der Waals surface area contributed by atoms with E-state index >= 15 is 0 Å². The number of para-hydroxylation sites is 2. The number of rotatable bonds is 3. The minimum atomic E-state index is -4.67. The van der Waals surface area contributed by atoms with E-state index in [-0.39, 0.29) is 11.5 Å². The zero-order chi connectivity index (χ0) is 19.0.